The fraction of sp³-hybridized carbons (Fsp3) is 0.889. The first-order valence-electron chi connectivity index (χ1n) is 4.50. The van der Waals surface area contributed by atoms with Crippen molar-refractivity contribution in [3.63, 3.8) is 0 Å². The lowest BCUT2D eigenvalue weighted by Gasteiger charge is -2.15. The number of ether oxygens (including phenoxy) is 1. The van der Waals surface area contributed by atoms with Gasteiger partial charge in [-0.1, -0.05) is 0 Å². The van der Waals surface area contributed by atoms with Crippen LogP contribution in [0.3, 0.4) is 0 Å². The van der Waals surface area contributed by atoms with Crippen molar-refractivity contribution < 1.29 is 14.6 Å². The minimum absolute atomic E-state index is 0.00926. The number of carbonyl (C=O) groups excluding carboxylic acids is 1. The summed E-state index contributed by atoms with van der Waals surface area (Å²) in [6.45, 7) is 0. The second-order valence-electron chi connectivity index (χ2n) is 3.85. The fourth-order valence-electron chi connectivity index (χ4n) is 2.80. The molecule has 0 radical (unpaired) electrons. The first kappa shape index (κ1) is 8.05. The minimum atomic E-state index is -0.257. The van der Waals surface area contributed by atoms with Gasteiger partial charge in [0.1, 0.15) is 0 Å². The summed E-state index contributed by atoms with van der Waals surface area (Å²) in [4.78, 5) is 11.3. The van der Waals surface area contributed by atoms with Crippen LogP contribution >= 0.6 is 0 Å². The van der Waals surface area contributed by atoms with E-state index in [1.807, 2.05) is 0 Å². The highest BCUT2D eigenvalue weighted by atomic mass is 16.5. The van der Waals surface area contributed by atoms with Crippen LogP contribution < -0.4 is 0 Å². The van der Waals surface area contributed by atoms with Crippen molar-refractivity contribution in [3.05, 3.63) is 0 Å². The summed E-state index contributed by atoms with van der Waals surface area (Å²) in [5.41, 5.74) is 0. The molecule has 3 heteroatoms. The molecule has 2 saturated carbocycles. The number of rotatable bonds is 1. The third-order valence-electron chi connectivity index (χ3n) is 3.35. The largest absolute Gasteiger partial charge is 0.469 e. The van der Waals surface area contributed by atoms with Crippen molar-refractivity contribution in [2.45, 2.75) is 25.4 Å². The maximum atomic E-state index is 11.3. The van der Waals surface area contributed by atoms with Crippen LogP contribution in [0.15, 0.2) is 0 Å². The lowest BCUT2D eigenvalue weighted by Crippen LogP contribution is -2.23. The molecule has 0 aromatic heterocycles. The Morgan fingerprint density at radius 2 is 2.25 bits per heavy atom. The number of methoxy groups -OCH3 is 1. The van der Waals surface area contributed by atoms with Gasteiger partial charge in [-0.05, 0) is 31.1 Å². The topological polar surface area (TPSA) is 46.5 Å². The predicted octanol–water partition coefficient (Wildman–Crippen LogP) is 0.566. The van der Waals surface area contributed by atoms with Crippen molar-refractivity contribution in [2.24, 2.45) is 17.8 Å². The zero-order chi connectivity index (χ0) is 8.72. The zero-order valence-electron chi connectivity index (χ0n) is 7.19. The number of carbonyl (C=O) groups is 1. The van der Waals surface area contributed by atoms with Crippen LogP contribution in [0.4, 0.5) is 0 Å². The molecule has 68 valence electrons. The molecule has 0 saturated heterocycles. The predicted molar refractivity (Wildman–Crippen MR) is 42.3 cm³/mol. The van der Waals surface area contributed by atoms with E-state index in [9.17, 15) is 9.90 Å². The van der Waals surface area contributed by atoms with Gasteiger partial charge in [0.15, 0.2) is 0 Å². The van der Waals surface area contributed by atoms with E-state index in [-0.39, 0.29) is 23.9 Å². The summed E-state index contributed by atoms with van der Waals surface area (Å²) < 4.78 is 4.71. The molecular formula is C9H14O3. The third kappa shape index (κ3) is 0.959. The smallest absolute Gasteiger partial charge is 0.309 e. The molecule has 0 aromatic rings. The van der Waals surface area contributed by atoms with Crippen molar-refractivity contribution in [3.8, 4) is 0 Å². The average Bonchev–Trinajstić information content (AvgIpc) is 2.59. The zero-order valence-corrected chi connectivity index (χ0v) is 7.19. The molecule has 2 aliphatic carbocycles. The van der Waals surface area contributed by atoms with Gasteiger partial charge < -0.3 is 9.84 Å². The van der Waals surface area contributed by atoms with E-state index in [0.29, 0.717) is 5.92 Å². The van der Waals surface area contributed by atoms with Gasteiger partial charge >= 0.3 is 5.97 Å². The fourth-order valence-corrected chi connectivity index (χ4v) is 2.80. The van der Waals surface area contributed by atoms with Gasteiger partial charge in [-0.15, -0.1) is 0 Å². The van der Waals surface area contributed by atoms with Crippen LogP contribution in [0.5, 0.6) is 0 Å². The normalized spacial score (nSPS) is 44.8. The van der Waals surface area contributed by atoms with E-state index in [1.165, 1.54) is 7.11 Å². The Morgan fingerprint density at radius 1 is 1.50 bits per heavy atom. The summed E-state index contributed by atoms with van der Waals surface area (Å²) in [7, 11) is 1.42. The molecule has 2 bridgehead atoms. The number of hydrogen-bond acceptors (Lipinski definition) is 3. The van der Waals surface area contributed by atoms with Gasteiger partial charge in [-0.3, -0.25) is 4.79 Å². The van der Waals surface area contributed by atoms with Crippen molar-refractivity contribution in [1.82, 2.24) is 0 Å². The minimum Gasteiger partial charge on any atom is -0.469 e. The lowest BCUT2D eigenvalue weighted by atomic mass is 9.97. The van der Waals surface area contributed by atoms with Gasteiger partial charge in [0.25, 0.3) is 0 Å². The van der Waals surface area contributed by atoms with Gasteiger partial charge in [-0.25, -0.2) is 0 Å². The number of hydrogen-bond donors (Lipinski definition) is 1. The van der Waals surface area contributed by atoms with Crippen molar-refractivity contribution in [1.29, 1.82) is 0 Å². The standard InChI is InChI=1S/C9H14O3/c1-12-9(11)8-5-2-3-6(8)7(10)4-5/h5-8,10H,2-4H2,1H3/t5-,6-,7-,8+/m0/s1. The molecule has 2 aliphatic rings. The maximum Gasteiger partial charge on any atom is 0.309 e. The number of aliphatic hydroxyl groups excluding tert-OH is 1. The Kier molecular flexibility index (Phi) is 1.83. The molecule has 3 nitrogen and oxygen atoms in total. The van der Waals surface area contributed by atoms with Crippen LogP contribution in [0, 0.1) is 17.8 Å². The van der Waals surface area contributed by atoms with Crippen LogP contribution in [0.2, 0.25) is 0 Å². The van der Waals surface area contributed by atoms with Gasteiger partial charge in [0, 0.05) is 0 Å². The third-order valence-corrected chi connectivity index (χ3v) is 3.35. The molecule has 0 unspecified atom stereocenters. The van der Waals surface area contributed by atoms with Crippen LogP contribution in [-0.2, 0) is 9.53 Å². The Morgan fingerprint density at radius 3 is 2.67 bits per heavy atom. The Hall–Kier alpha value is -0.570. The van der Waals surface area contributed by atoms with E-state index in [1.54, 1.807) is 0 Å². The van der Waals surface area contributed by atoms with Gasteiger partial charge in [0.2, 0.25) is 0 Å². The highest BCUT2D eigenvalue weighted by Gasteiger charge is 2.51. The second-order valence-corrected chi connectivity index (χ2v) is 3.85. The molecule has 2 rings (SSSR count). The Bertz CT molecular complexity index is 202. The molecule has 4 atom stereocenters. The van der Waals surface area contributed by atoms with E-state index >= 15 is 0 Å². The summed E-state index contributed by atoms with van der Waals surface area (Å²) in [5, 5.41) is 9.53. The first-order valence-corrected chi connectivity index (χ1v) is 4.50. The van der Waals surface area contributed by atoms with E-state index < -0.39 is 0 Å². The highest BCUT2D eigenvalue weighted by molar-refractivity contribution is 5.74. The Balaban J connectivity index is 2.13. The number of aliphatic hydroxyl groups is 1. The monoisotopic (exact) mass is 170 g/mol. The molecule has 0 heterocycles. The summed E-state index contributed by atoms with van der Waals surface area (Å²) in [5.74, 6) is 0.434. The second kappa shape index (κ2) is 2.73. The van der Waals surface area contributed by atoms with Gasteiger partial charge in [0.05, 0.1) is 19.1 Å². The molecule has 1 N–H and O–H groups in total. The van der Waals surface area contributed by atoms with E-state index in [4.69, 9.17) is 4.74 Å². The van der Waals surface area contributed by atoms with Crippen LogP contribution in [0.25, 0.3) is 0 Å². The first-order chi connectivity index (χ1) is 5.74. The molecule has 0 aliphatic heterocycles. The average molecular weight is 170 g/mol. The molecule has 12 heavy (non-hydrogen) atoms. The lowest BCUT2D eigenvalue weighted by molar-refractivity contribution is -0.147. The van der Waals surface area contributed by atoms with Crippen LogP contribution in [0.1, 0.15) is 19.3 Å². The molecule has 2 fully saturated rings. The van der Waals surface area contributed by atoms with Crippen molar-refractivity contribution >= 4 is 5.97 Å². The van der Waals surface area contributed by atoms with E-state index in [2.05, 4.69) is 0 Å². The van der Waals surface area contributed by atoms with E-state index in [0.717, 1.165) is 19.3 Å². The quantitative estimate of drug-likeness (QED) is 0.585. The molecule has 0 amide bonds. The summed E-state index contributed by atoms with van der Waals surface area (Å²) in [6, 6.07) is 0. The maximum absolute atomic E-state index is 11.3. The van der Waals surface area contributed by atoms with Crippen molar-refractivity contribution in [2.75, 3.05) is 7.11 Å². The molecule has 0 spiro atoms. The highest BCUT2D eigenvalue weighted by Crippen LogP contribution is 2.49. The number of fused-ring (bicyclic) bond motifs is 2. The molecule has 0 aromatic carbocycles. The SMILES string of the molecule is COC(=O)[C@@H]1[C@H]2CC[C@H]1[C@@H](O)C2. The summed E-state index contributed by atoms with van der Waals surface area (Å²) >= 11 is 0. The Labute approximate surface area is 71.7 Å². The summed E-state index contributed by atoms with van der Waals surface area (Å²) in [6.07, 6.45) is 2.62. The number of esters is 1. The van der Waals surface area contributed by atoms with Gasteiger partial charge in [-0.2, -0.15) is 0 Å². The van der Waals surface area contributed by atoms with Crippen LogP contribution in [-0.4, -0.2) is 24.3 Å². The molecular weight excluding hydrogens is 156 g/mol.